The minimum Gasteiger partial charge on any atom is -0.212 e. The molecule has 1 heterocycles. The maximum atomic E-state index is 12.7. The van der Waals surface area contributed by atoms with E-state index in [0.29, 0.717) is 11.1 Å². The van der Waals surface area contributed by atoms with Gasteiger partial charge in [-0.2, -0.15) is 9.57 Å². The van der Waals surface area contributed by atoms with Crippen molar-refractivity contribution in [2.24, 2.45) is 0 Å². The molecule has 5 heteroatoms. The average Bonchev–Trinajstić information content (AvgIpc) is 2.38. The third-order valence-electron chi connectivity index (χ3n) is 3.91. The number of rotatable bonds is 3. The van der Waals surface area contributed by atoms with E-state index in [1.807, 2.05) is 13.8 Å². The summed E-state index contributed by atoms with van der Waals surface area (Å²) in [7, 11) is -3.39. The molecule has 1 aliphatic rings. The SMILES string of the molecule is CC1CCCC(C)N1S(=O)(=O)Cc1ccccc1C#N. The molecule has 0 aliphatic carbocycles. The van der Waals surface area contributed by atoms with Gasteiger partial charge < -0.3 is 0 Å². The molecule has 1 aromatic rings. The zero-order valence-electron chi connectivity index (χ0n) is 11.9. The van der Waals surface area contributed by atoms with Gasteiger partial charge in [0.15, 0.2) is 0 Å². The summed E-state index contributed by atoms with van der Waals surface area (Å²) in [6.07, 6.45) is 2.88. The van der Waals surface area contributed by atoms with E-state index in [1.54, 1.807) is 28.6 Å². The molecule has 1 fully saturated rings. The van der Waals surface area contributed by atoms with Crippen molar-refractivity contribution in [3.05, 3.63) is 35.4 Å². The van der Waals surface area contributed by atoms with Crippen LogP contribution in [0.4, 0.5) is 0 Å². The second kappa shape index (κ2) is 5.94. The Labute approximate surface area is 121 Å². The average molecular weight is 292 g/mol. The Hall–Kier alpha value is -1.38. The standard InChI is InChI=1S/C15H20N2O2S/c1-12-6-5-7-13(2)17(12)20(18,19)11-15-9-4-3-8-14(15)10-16/h3-4,8-9,12-13H,5-7,11H2,1-2H3. The monoisotopic (exact) mass is 292 g/mol. The van der Waals surface area contributed by atoms with Crippen LogP contribution in [-0.4, -0.2) is 24.8 Å². The lowest BCUT2D eigenvalue weighted by Crippen LogP contribution is -2.47. The Morgan fingerprint density at radius 1 is 1.25 bits per heavy atom. The van der Waals surface area contributed by atoms with Gasteiger partial charge in [-0.15, -0.1) is 0 Å². The third kappa shape index (κ3) is 3.02. The van der Waals surface area contributed by atoms with E-state index in [9.17, 15) is 8.42 Å². The van der Waals surface area contributed by atoms with Gasteiger partial charge in [-0.05, 0) is 38.3 Å². The van der Waals surface area contributed by atoms with Gasteiger partial charge in [0.1, 0.15) is 0 Å². The molecule has 2 atom stereocenters. The second-order valence-electron chi connectivity index (χ2n) is 5.48. The molecule has 1 aromatic carbocycles. The van der Waals surface area contributed by atoms with Gasteiger partial charge in [-0.3, -0.25) is 0 Å². The summed E-state index contributed by atoms with van der Waals surface area (Å²) < 4.78 is 27.0. The van der Waals surface area contributed by atoms with Crippen LogP contribution in [0, 0.1) is 11.3 Å². The summed E-state index contributed by atoms with van der Waals surface area (Å²) >= 11 is 0. The Morgan fingerprint density at radius 2 is 1.85 bits per heavy atom. The molecule has 0 saturated carbocycles. The number of hydrogen-bond acceptors (Lipinski definition) is 3. The van der Waals surface area contributed by atoms with Crippen LogP contribution in [0.2, 0.25) is 0 Å². The van der Waals surface area contributed by atoms with Crippen molar-refractivity contribution < 1.29 is 8.42 Å². The van der Waals surface area contributed by atoms with Gasteiger partial charge in [0.25, 0.3) is 0 Å². The molecule has 4 nitrogen and oxygen atoms in total. The number of nitrogens with zero attached hydrogens (tertiary/aromatic N) is 2. The van der Waals surface area contributed by atoms with Crippen LogP contribution in [0.25, 0.3) is 0 Å². The van der Waals surface area contributed by atoms with Crippen LogP contribution in [0.1, 0.15) is 44.2 Å². The lowest BCUT2D eigenvalue weighted by Gasteiger charge is -2.37. The predicted octanol–water partition coefficient (Wildman–Crippen LogP) is 2.65. The lowest BCUT2D eigenvalue weighted by atomic mass is 10.0. The molecule has 0 N–H and O–H groups in total. The molecular weight excluding hydrogens is 272 g/mol. The first-order valence-electron chi connectivity index (χ1n) is 6.95. The second-order valence-corrected chi connectivity index (χ2v) is 7.36. The van der Waals surface area contributed by atoms with Crippen molar-refractivity contribution in [3.63, 3.8) is 0 Å². The summed E-state index contributed by atoms with van der Waals surface area (Å²) in [6.45, 7) is 3.92. The minimum absolute atomic E-state index is 0.0398. The molecule has 0 radical (unpaired) electrons. The third-order valence-corrected chi connectivity index (χ3v) is 5.95. The first-order valence-corrected chi connectivity index (χ1v) is 8.56. The summed E-state index contributed by atoms with van der Waals surface area (Å²) in [5, 5.41) is 9.07. The number of nitriles is 1. The van der Waals surface area contributed by atoms with Crippen molar-refractivity contribution in [2.75, 3.05) is 0 Å². The first-order chi connectivity index (χ1) is 9.45. The highest BCUT2D eigenvalue weighted by Crippen LogP contribution is 2.27. The summed E-state index contributed by atoms with van der Waals surface area (Å²) in [5.41, 5.74) is 1.02. The van der Waals surface area contributed by atoms with E-state index in [0.717, 1.165) is 19.3 Å². The van der Waals surface area contributed by atoms with Crippen molar-refractivity contribution in [1.29, 1.82) is 5.26 Å². The molecule has 108 valence electrons. The smallest absolute Gasteiger partial charge is 0.212 e. The van der Waals surface area contributed by atoms with Crippen LogP contribution in [0.15, 0.2) is 24.3 Å². The fourth-order valence-electron chi connectivity index (χ4n) is 2.97. The largest absolute Gasteiger partial charge is 0.218 e. The van der Waals surface area contributed by atoms with E-state index in [1.165, 1.54) is 0 Å². The van der Waals surface area contributed by atoms with Gasteiger partial charge in [0.2, 0.25) is 10.0 Å². The van der Waals surface area contributed by atoms with Crippen molar-refractivity contribution in [1.82, 2.24) is 4.31 Å². The molecule has 0 bridgehead atoms. The van der Waals surface area contributed by atoms with E-state index >= 15 is 0 Å². The minimum atomic E-state index is -3.39. The van der Waals surface area contributed by atoms with E-state index < -0.39 is 10.0 Å². The zero-order chi connectivity index (χ0) is 14.8. The summed E-state index contributed by atoms with van der Waals surface area (Å²) in [6, 6.07) is 9.04. The van der Waals surface area contributed by atoms with E-state index in [4.69, 9.17) is 5.26 Å². The Kier molecular flexibility index (Phi) is 4.46. The van der Waals surface area contributed by atoms with Gasteiger partial charge in [0, 0.05) is 12.1 Å². The molecule has 2 unspecified atom stereocenters. The van der Waals surface area contributed by atoms with E-state index in [2.05, 4.69) is 6.07 Å². The number of sulfonamides is 1. The molecule has 0 aromatic heterocycles. The van der Waals surface area contributed by atoms with Crippen LogP contribution in [-0.2, 0) is 15.8 Å². The maximum absolute atomic E-state index is 12.7. The van der Waals surface area contributed by atoms with Crippen molar-refractivity contribution in [3.8, 4) is 6.07 Å². The van der Waals surface area contributed by atoms with Gasteiger partial charge in [0.05, 0.1) is 17.4 Å². The van der Waals surface area contributed by atoms with E-state index in [-0.39, 0.29) is 17.8 Å². The fourth-order valence-corrected chi connectivity index (χ4v) is 5.07. The highest BCUT2D eigenvalue weighted by atomic mass is 32.2. The molecule has 1 aliphatic heterocycles. The zero-order valence-corrected chi connectivity index (χ0v) is 12.7. The molecule has 1 saturated heterocycles. The number of hydrogen-bond donors (Lipinski definition) is 0. The Balaban J connectivity index is 2.29. The molecule has 20 heavy (non-hydrogen) atoms. The molecular formula is C15H20N2O2S. The van der Waals surface area contributed by atoms with Crippen molar-refractivity contribution >= 4 is 10.0 Å². The Bertz CT molecular complexity index is 609. The van der Waals surface area contributed by atoms with Gasteiger partial charge in [-0.1, -0.05) is 24.6 Å². The molecule has 0 spiro atoms. The van der Waals surface area contributed by atoms with Gasteiger partial charge in [-0.25, -0.2) is 8.42 Å². The van der Waals surface area contributed by atoms with Crippen LogP contribution in [0.3, 0.4) is 0 Å². The summed E-state index contributed by atoms with van der Waals surface area (Å²) in [4.78, 5) is 0. The summed E-state index contributed by atoms with van der Waals surface area (Å²) in [5.74, 6) is -0.0919. The van der Waals surface area contributed by atoms with Gasteiger partial charge >= 0.3 is 0 Å². The molecule has 2 rings (SSSR count). The number of benzene rings is 1. The quantitative estimate of drug-likeness (QED) is 0.860. The number of piperidine rings is 1. The predicted molar refractivity (Wildman–Crippen MR) is 78.4 cm³/mol. The van der Waals surface area contributed by atoms with Crippen LogP contribution < -0.4 is 0 Å². The van der Waals surface area contributed by atoms with Crippen molar-refractivity contribution in [2.45, 2.75) is 50.9 Å². The normalized spacial score (nSPS) is 24.2. The maximum Gasteiger partial charge on any atom is 0.218 e. The topological polar surface area (TPSA) is 61.2 Å². The lowest BCUT2D eigenvalue weighted by molar-refractivity contribution is 0.204. The highest BCUT2D eigenvalue weighted by Gasteiger charge is 2.34. The first kappa shape index (κ1) is 15.0. The van der Waals surface area contributed by atoms with Crippen LogP contribution in [0.5, 0.6) is 0 Å². The van der Waals surface area contributed by atoms with Crippen LogP contribution >= 0.6 is 0 Å². The highest BCUT2D eigenvalue weighted by molar-refractivity contribution is 7.88. The molecule has 0 amide bonds. The Morgan fingerprint density at radius 3 is 2.45 bits per heavy atom. The fraction of sp³-hybridized carbons (Fsp3) is 0.533.